The molecule has 15 heavy (non-hydrogen) atoms. The van der Waals surface area contributed by atoms with E-state index in [0.717, 1.165) is 23.7 Å². The molecule has 0 amide bonds. The largest absolute Gasteiger partial charge is 0.196 e. The van der Waals surface area contributed by atoms with Gasteiger partial charge in [0.25, 0.3) is 0 Å². The molecule has 0 bridgehead atoms. The van der Waals surface area contributed by atoms with Crippen molar-refractivity contribution in [3.05, 3.63) is 29.0 Å². The van der Waals surface area contributed by atoms with Crippen LogP contribution in [-0.2, 0) is 6.42 Å². The number of aromatic nitrogens is 4. The number of benzene rings is 1. The summed E-state index contributed by atoms with van der Waals surface area (Å²) >= 11 is 7.76. The van der Waals surface area contributed by atoms with Crippen LogP contribution in [0.5, 0.6) is 0 Å². The smallest absolute Gasteiger partial charge is 0.157 e. The molecule has 0 N–H and O–H groups in total. The Balaban J connectivity index is 2.27. The van der Waals surface area contributed by atoms with Crippen molar-refractivity contribution < 1.29 is 0 Å². The Morgan fingerprint density at radius 2 is 2.33 bits per heavy atom. The molecule has 0 aliphatic carbocycles. The van der Waals surface area contributed by atoms with Crippen LogP contribution in [0.15, 0.2) is 23.1 Å². The zero-order chi connectivity index (χ0) is 10.3. The van der Waals surface area contributed by atoms with Crippen LogP contribution >= 0.6 is 23.4 Å². The second kappa shape index (κ2) is 3.50. The molecular weight excluding hydrogens is 232 g/mol. The van der Waals surface area contributed by atoms with Gasteiger partial charge in [0.2, 0.25) is 0 Å². The number of tetrazole rings is 1. The van der Waals surface area contributed by atoms with Crippen molar-refractivity contribution in [1.82, 2.24) is 20.2 Å². The predicted octanol–water partition coefficient (Wildman–Crippen LogP) is 1.96. The Labute approximate surface area is 95.6 Å². The van der Waals surface area contributed by atoms with Crippen LogP contribution in [0.4, 0.5) is 0 Å². The molecule has 0 spiro atoms. The van der Waals surface area contributed by atoms with Gasteiger partial charge in [0, 0.05) is 22.1 Å². The van der Waals surface area contributed by atoms with Gasteiger partial charge in [-0.05, 0) is 28.6 Å². The normalized spacial score (nSPS) is 14.2. The fourth-order valence-electron chi connectivity index (χ4n) is 1.58. The first-order valence-electron chi connectivity index (χ1n) is 4.54. The standard InChI is InChI=1S/C9H7ClN4S/c10-6-1-2-8-7(5-6)14-9(3-4-15-8)11-12-13-14/h1-2,5H,3-4H2. The summed E-state index contributed by atoms with van der Waals surface area (Å²) in [6.45, 7) is 0. The maximum Gasteiger partial charge on any atom is 0.157 e. The van der Waals surface area contributed by atoms with Gasteiger partial charge in [0.15, 0.2) is 5.82 Å². The van der Waals surface area contributed by atoms with Crippen molar-refractivity contribution in [2.45, 2.75) is 11.3 Å². The zero-order valence-corrected chi connectivity index (χ0v) is 9.29. The van der Waals surface area contributed by atoms with Crippen LogP contribution in [-0.4, -0.2) is 26.0 Å². The molecule has 2 heterocycles. The lowest BCUT2D eigenvalue weighted by molar-refractivity contribution is 0.761. The second-order valence-corrected chi connectivity index (χ2v) is 4.79. The van der Waals surface area contributed by atoms with Gasteiger partial charge in [-0.3, -0.25) is 0 Å². The molecule has 4 nitrogen and oxygen atoms in total. The van der Waals surface area contributed by atoms with E-state index in [9.17, 15) is 0 Å². The van der Waals surface area contributed by atoms with Crippen molar-refractivity contribution in [3.63, 3.8) is 0 Å². The molecular formula is C9H7ClN4S. The van der Waals surface area contributed by atoms with Crippen molar-refractivity contribution in [2.75, 3.05) is 5.75 Å². The van der Waals surface area contributed by atoms with Crippen LogP contribution in [0.1, 0.15) is 5.82 Å². The third-order valence-electron chi connectivity index (χ3n) is 2.27. The molecule has 3 rings (SSSR count). The minimum atomic E-state index is 0.706. The summed E-state index contributed by atoms with van der Waals surface area (Å²) in [6.07, 6.45) is 0.879. The lowest BCUT2D eigenvalue weighted by Crippen LogP contribution is -2.02. The highest BCUT2D eigenvalue weighted by Gasteiger charge is 2.16. The molecule has 1 aromatic heterocycles. The first-order valence-corrected chi connectivity index (χ1v) is 5.91. The van der Waals surface area contributed by atoms with E-state index in [0.29, 0.717) is 5.02 Å². The quantitative estimate of drug-likeness (QED) is 0.704. The number of thioether (sulfide) groups is 1. The molecule has 0 fully saturated rings. The molecule has 0 radical (unpaired) electrons. The van der Waals surface area contributed by atoms with Gasteiger partial charge in [-0.1, -0.05) is 11.6 Å². The van der Waals surface area contributed by atoms with Crippen LogP contribution < -0.4 is 0 Å². The Morgan fingerprint density at radius 1 is 1.40 bits per heavy atom. The van der Waals surface area contributed by atoms with E-state index in [2.05, 4.69) is 15.5 Å². The van der Waals surface area contributed by atoms with E-state index in [1.165, 1.54) is 4.90 Å². The van der Waals surface area contributed by atoms with Gasteiger partial charge in [-0.2, -0.15) is 4.68 Å². The molecule has 0 atom stereocenters. The second-order valence-electron chi connectivity index (χ2n) is 3.22. The van der Waals surface area contributed by atoms with Gasteiger partial charge in [0.1, 0.15) is 0 Å². The number of nitrogens with zero attached hydrogens (tertiary/aromatic N) is 4. The molecule has 0 unspecified atom stereocenters. The SMILES string of the molecule is Clc1ccc2c(c1)-n1nnnc1CCS2. The average Bonchev–Trinajstić information content (AvgIpc) is 2.62. The topological polar surface area (TPSA) is 43.6 Å². The minimum absolute atomic E-state index is 0.706. The molecule has 6 heteroatoms. The highest BCUT2D eigenvalue weighted by atomic mass is 35.5. The van der Waals surface area contributed by atoms with Gasteiger partial charge >= 0.3 is 0 Å². The zero-order valence-electron chi connectivity index (χ0n) is 7.72. The van der Waals surface area contributed by atoms with Crippen molar-refractivity contribution in [1.29, 1.82) is 0 Å². The van der Waals surface area contributed by atoms with Crippen LogP contribution in [0.3, 0.4) is 0 Å². The highest BCUT2D eigenvalue weighted by Crippen LogP contribution is 2.31. The van der Waals surface area contributed by atoms with Crippen molar-refractivity contribution >= 4 is 23.4 Å². The minimum Gasteiger partial charge on any atom is -0.196 e. The van der Waals surface area contributed by atoms with Crippen molar-refractivity contribution in [3.8, 4) is 5.69 Å². The molecule has 1 aliphatic rings. The lowest BCUT2D eigenvalue weighted by Gasteiger charge is -2.05. The molecule has 76 valence electrons. The molecule has 1 aliphatic heterocycles. The van der Waals surface area contributed by atoms with Crippen LogP contribution in [0.25, 0.3) is 5.69 Å². The van der Waals surface area contributed by atoms with E-state index < -0.39 is 0 Å². The summed E-state index contributed by atoms with van der Waals surface area (Å²) in [5.74, 6) is 1.89. The van der Waals surface area contributed by atoms with Crippen LogP contribution in [0.2, 0.25) is 5.02 Å². The number of hydrogen-bond donors (Lipinski definition) is 0. The van der Waals surface area contributed by atoms with Gasteiger partial charge in [0.05, 0.1) is 5.69 Å². The predicted molar refractivity (Wildman–Crippen MR) is 58.6 cm³/mol. The fourth-order valence-corrected chi connectivity index (χ4v) is 2.71. The van der Waals surface area contributed by atoms with Gasteiger partial charge in [-0.15, -0.1) is 16.9 Å². The first kappa shape index (κ1) is 9.18. The summed E-state index contributed by atoms with van der Waals surface area (Å²) in [5, 5.41) is 12.4. The van der Waals surface area contributed by atoms with Gasteiger partial charge < -0.3 is 0 Å². The molecule has 2 aromatic rings. The third-order valence-corrected chi connectivity index (χ3v) is 3.57. The fraction of sp³-hybridized carbons (Fsp3) is 0.222. The lowest BCUT2D eigenvalue weighted by atomic mass is 10.3. The van der Waals surface area contributed by atoms with E-state index in [-0.39, 0.29) is 0 Å². The summed E-state index contributed by atoms with van der Waals surface area (Å²) in [4.78, 5) is 1.17. The first-order chi connectivity index (χ1) is 7.34. The summed E-state index contributed by atoms with van der Waals surface area (Å²) in [5.41, 5.74) is 0.977. The van der Waals surface area contributed by atoms with E-state index >= 15 is 0 Å². The number of fused-ring (bicyclic) bond motifs is 3. The van der Waals surface area contributed by atoms with Gasteiger partial charge in [-0.25, -0.2) is 0 Å². The van der Waals surface area contributed by atoms with Crippen LogP contribution in [0, 0.1) is 0 Å². The Morgan fingerprint density at radius 3 is 3.27 bits per heavy atom. The van der Waals surface area contributed by atoms with E-state index in [1.807, 2.05) is 18.2 Å². The Kier molecular flexibility index (Phi) is 2.14. The number of halogens is 1. The van der Waals surface area contributed by atoms with E-state index in [4.69, 9.17) is 11.6 Å². The van der Waals surface area contributed by atoms with E-state index in [1.54, 1.807) is 16.4 Å². The highest BCUT2D eigenvalue weighted by molar-refractivity contribution is 7.99. The summed E-state index contributed by atoms with van der Waals surface area (Å²) in [7, 11) is 0. The Bertz CT molecular complexity index is 511. The maximum atomic E-state index is 5.97. The molecule has 0 saturated heterocycles. The number of rotatable bonds is 0. The third kappa shape index (κ3) is 1.52. The maximum absolute atomic E-state index is 5.97. The molecule has 0 saturated carbocycles. The molecule has 1 aromatic carbocycles. The number of hydrogen-bond acceptors (Lipinski definition) is 4. The monoisotopic (exact) mass is 238 g/mol. The number of aryl methyl sites for hydroxylation is 1. The van der Waals surface area contributed by atoms with Crippen molar-refractivity contribution in [2.24, 2.45) is 0 Å². The Hall–Kier alpha value is -1.07. The summed E-state index contributed by atoms with van der Waals surface area (Å²) < 4.78 is 1.77. The summed E-state index contributed by atoms with van der Waals surface area (Å²) in [6, 6.07) is 5.80. The average molecular weight is 239 g/mol.